The summed E-state index contributed by atoms with van der Waals surface area (Å²) < 4.78 is 19.9. The number of benzene rings is 1. The summed E-state index contributed by atoms with van der Waals surface area (Å²) in [5.41, 5.74) is 0.0391. The van der Waals surface area contributed by atoms with Gasteiger partial charge in [0.25, 0.3) is 0 Å². The van der Waals surface area contributed by atoms with E-state index in [1.165, 1.54) is 38.2 Å². The van der Waals surface area contributed by atoms with Crippen molar-refractivity contribution in [2.24, 2.45) is 0 Å². The second-order valence-corrected chi connectivity index (χ2v) is 6.02. The zero-order valence-electron chi connectivity index (χ0n) is 12.6. The first-order valence-corrected chi connectivity index (χ1v) is 8.71. The number of rotatable bonds is 10. The molecular weight excluding hydrogens is 319 g/mol. The molecule has 1 unspecified atom stereocenters. The lowest BCUT2D eigenvalue weighted by atomic mass is 9.97. The van der Waals surface area contributed by atoms with Crippen molar-refractivity contribution < 1.29 is 9.13 Å². The highest BCUT2D eigenvalue weighted by atomic mass is 79.9. The lowest BCUT2D eigenvalue weighted by Gasteiger charge is -2.29. The van der Waals surface area contributed by atoms with Crippen molar-refractivity contribution in [2.45, 2.75) is 58.0 Å². The highest BCUT2D eigenvalue weighted by molar-refractivity contribution is 9.09. The molecule has 114 valence electrons. The zero-order valence-corrected chi connectivity index (χ0v) is 14.2. The Morgan fingerprint density at radius 2 is 1.75 bits per heavy atom. The fourth-order valence-corrected chi connectivity index (χ4v) is 2.72. The predicted molar refractivity (Wildman–Crippen MR) is 86.9 cm³/mol. The Bertz CT molecular complexity index is 383. The number of hydrogen-bond acceptors (Lipinski definition) is 1. The summed E-state index contributed by atoms with van der Waals surface area (Å²) in [5.74, 6) is -0.197. The van der Waals surface area contributed by atoms with Crippen LogP contribution in [0.4, 0.5) is 4.39 Å². The van der Waals surface area contributed by atoms with E-state index in [4.69, 9.17) is 4.74 Å². The van der Waals surface area contributed by atoms with E-state index in [9.17, 15) is 4.39 Å². The first kappa shape index (κ1) is 17.6. The Kier molecular flexibility index (Phi) is 8.39. The van der Waals surface area contributed by atoms with E-state index in [2.05, 4.69) is 22.9 Å². The lowest BCUT2D eigenvalue weighted by molar-refractivity contribution is -0.0209. The van der Waals surface area contributed by atoms with Crippen LogP contribution in [0.1, 0.15) is 57.9 Å². The lowest BCUT2D eigenvalue weighted by Crippen LogP contribution is -2.29. The standard InChI is InChI=1S/C17H26BrFO/c1-3-4-5-6-7-10-13-20-17(2,14-18)15-11-8-9-12-16(15)19/h8-9,11-12H,3-7,10,13-14H2,1-2H3. The molecule has 1 atom stereocenters. The van der Waals surface area contributed by atoms with Gasteiger partial charge in [0.1, 0.15) is 11.4 Å². The van der Waals surface area contributed by atoms with E-state index >= 15 is 0 Å². The molecule has 0 aliphatic heterocycles. The molecule has 0 aromatic heterocycles. The molecule has 20 heavy (non-hydrogen) atoms. The Morgan fingerprint density at radius 1 is 1.10 bits per heavy atom. The van der Waals surface area contributed by atoms with Gasteiger partial charge in [-0.1, -0.05) is 73.2 Å². The summed E-state index contributed by atoms with van der Waals surface area (Å²) in [7, 11) is 0. The van der Waals surface area contributed by atoms with Gasteiger partial charge in [-0.15, -0.1) is 0 Å². The maximum atomic E-state index is 13.9. The molecular formula is C17H26BrFO. The fraction of sp³-hybridized carbons (Fsp3) is 0.647. The molecule has 0 aliphatic carbocycles. The van der Waals surface area contributed by atoms with Crippen LogP contribution in [0.15, 0.2) is 24.3 Å². The van der Waals surface area contributed by atoms with Crippen LogP contribution in [-0.4, -0.2) is 11.9 Å². The second kappa shape index (κ2) is 9.51. The third kappa shape index (κ3) is 5.53. The second-order valence-electron chi connectivity index (χ2n) is 5.46. The topological polar surface area (TPSA) is 9.23 Å². The van der Waals surface area contributed by atoms with Crippen LogP contribution >= 0.6 is 15.9 Å². The average molecular weight is 345 g/mol. The van der Waals surface area contributed by atoms with Crippen molar-refractivity contribution >= 4 is 15.9 Å². The molecule has 0 radical (unpaired) electrons. The predicted octanol–water partition coefficient (Wildman–Crippen LogP) is 5.81. The molecule has 0 spiro atoms. The van der Waals surface area contributed by atoms with Gasteiger partial charge in [0.15, 0.2) is 0 Å². The summed E-state index contributed by atoms with van der Waals surface area (Å²) >= 11 is 3.45. The maximum absolute atomic E-state index is 13.9. The van der Waals surface area contributed by atoms with Crippen molar-refractivity contribution in [3.05, 3.63) is 35.6 Å². The van der Waals surface area contributed by atoms with E-state index in [-0.39, 0.29) is 5.82 Å². The monoisotopic (exact) mass is 344 g/mol. The van der Waals surface area contributed by atoms with Crippen LogP contribution in [0, 0.1) is 5.82 Å². The Hall–Kier alpha value is -0.410. The summed E-state index contributed by atoms with van der Waals surface area (Å²) in [6.07, 6.45) is 7.39. The molecule has 0 bridgehead atoms. The summed E-state index contributed by atoms with van der Waals surface area (Å²) in [5, 5.41) is 0.594. The molecule has 0 saturated carbocycles. The first-order chi connectivity index (χ1) is 9.64. The minimum atomic E-state index is -0.589. The SMILES string of the molecule is CCCCCCCCOC(C)(CBr)c1ccccc1F. The third-order valence-electron chi connectivity index (χ3n) is 3.62. The van der Waals surface area contributed by atoms with Crippen molar-refractivity contribution in [1.29, 1.82) is 0 Å². The molecule has 0 N–H and O–H groups in total. The van der Waals surface area contributed by atoms with E-state index in [0.717, 1.165) is 6.42 Å². The maximum Gasteiger partial charge on any atom is 0.129 e. The molecule has 0 fully saturated rings. The van der Waals surface area contributed by atoms with Crippen molar-refractivity contribution in [3.8, 4) is 0 Å². The van der Waals surface area contributed by atoms with E-state index in [0.29, 0.717) is 17.5 Å². The van der Waals surface area contributed by atoms with Crippen LogP contribution in [0.5, 0.6) is 0 Å². The Labute approximate surface area is 131 Å². The highest BCUT2D eigenvalue weighted by Gasteiger charge is 2.28. The van der Waals surface area contributed by atoms with Gasteiger partial charge >= 0.3 is 0 Å². The van der Waals surface area contributed by atoms with Gasteiger partial charge < -0.3 is 4.74 Å². The van der Waals surface area contributed by atoms with Crippen LogP contribution in [0.3, 0.4) is 0 Å². The number of unbranched alkanes of at least 4 members (excludes halogenated alkanes) is 5. The van der Waals surface area contributed by atoms with Crippen LogP contribution in [0.2, 0.25) is 0 Å². The summed E-state index contributed by atoms with van der Waals surface area (Å²) in [4.78, 5) is 0. The zero-order chi connectivity index (χ0) is 14.8. The third-order valence-corrected chi connectivity index (χ3v) is 4.69. The Morgan fingerprint density at radius 3 is 2.40 bits per heavy atom. The minimum Gasteiger partial charge on any atom is -0.370 e. The number of halogens is 2. The summed E-state index contributed by atoms with van der Waals surface area (Å²) in [6, 6.07) is 6.86. The normalized spacial score (nSPS) is 14.2. The molecule has 0 amide bonds. The number of hydrogen-bond donors (Lipinski definition) is 0. The van der Waals surface area contributed by atoms with Crippen molar-refractivity contribution in [3.63, 3.8) is 0 Å². The molecule has 0 aliphatic rings. The molecule has 1 aromatic carbocycles. The number of alkyl halides is 1. The van der Waals surface area contributed by atoms with Gasteiger partial charge in [-0.2, -0.15) is 0 Å². The highest BCUT2D eigenvalue weighted by Crippen LogP contribution is 2.30. The molecule has 1 aromatic rings. The smallest absolute Gasteiger partial charge is 0.129 e. The van der Waals surface area contributed by atoms with Crippen molar-refractivity contribution in [2.75, 3.05) is 11.9 Å². The van der Waals surface area contributed by atoms with E-state index in [1.54, 1.807) is 12.1 Å². The van der Waals surface area contributed by atoms with Crippen molar-refractivity contribution in [1.82, 2.24) is 0 Å². The first-order valence-electron chi connectivity index (χ1n) is 7.59. The van der Waals surface area contributed by atoms with Crippen LogP contribution in [0.25, 0.3) is 0 Å². The van der Waals surface area contributed by atoms with Gasteiger partial charge in [0.2, 0.25) is 0 Å². The summed E-state index contributed by atoms with van der Waals surface area (Å²) in [6.45, 7) is 4.85. The van der Waals surface area contributed by atoms with Gasteiger partial charge in [-0.05, 0) is 19.4 Å². The molecule has 0 saturated heterocycles. The van der Waals surface area contributed by atoms with Gasteiger partial charge in [0.05, 0.1) is 0 Å². The average Bonchev–Trinajstić information content (AvgIpc) is 2.46. The van der Waals surface area contributed by atoms with Crippen LogP contribution < -0.4 is 0 Å². The molecule has 1 rings (SSSR count). The Balaban J connectivity index is 2.40. The molecule has 3 heteroatoms. The van der Waals surface area contributed by atoms with Crippen LogP contribution in [-0.2, 0) is 10.3 Å². The van der Waals surface area contributed by atoms with E-state index in [1.807, 2.05) is 13.0 Å². The largest absolute Gasteiger partial charge is 0.370 e. The minimum absolute atomic E-state index is 0.197. The van der Waals surface area contributed by atoms with E-state index < -0.39 is 5.60 Å². The molecule has 1 nitrogen and oxygen atoms in total. The quantitative estimate of drug-likeness (QED) is 0.384. The van der Waals surface area contributed by atoms with Gasteiger partial charge in [-0.3, -0.25) is 0 Å². The molecule has 0 heterocycles. The number of ether oxygens (including phenoxy) is 1. The fourth-order valence-electron chi connectivity index (χ4n) is 2.26. The van der Waals surface area contributed by atoms with Gasteiger partial charge in [0, 0.05) is 17.5 Å². The van der Waals surface area contributed by atoms with Gasteiger partial charge in [-0.25, -0.2) is 4.39 Å².